The van der Waals surface area contributed by atoms with Crippen molar-refractivity contribution < 1.29 is 4.74 Å². The number of halogens is 1. The average Bonchev–Trinajstić information content (AvgIpc) is 3.41. The smallest absolute Gasteiger partial charge is 0.194 e. The molecule has 6 heteroatoms. The Hall–Kier alpha value is -2.01. The maximum atomic E-state index is 6.55. The van der Waals surface area contributed by atoms with Crippen LogP contribution in [0.5, 0.6) is 5.75 Å². The Morgan fingerprint density at radius 3 is 1.83 bits per heavy atom. The molecule has 36 heavy (non-hydrogen) atoms. The molecule has 0 unspecified atom stereocenters. The third-order valence-corrected chi connectivity index (χ3v) is 7.23. The lowest BCUT2D eigenvalue weighted by molar-refractivity contribution is 0.304. The number of benzene rings is 1. The summed E-state index contributed by atoms with van der Waals surface area (Å²) in [5, 5.41) is 8.47. The number of hydrogen-bond donors (Lipinski definition) is 1. The van der Waals surface area contributed by atoms with Gasteiger partial charge in [0.2, 0.25) is 0 Å². The highest BCUT2D eigenvalue weighted by Crippen LogP contribution is 2.32. The number of nitrogens with zero attached hydrogens (tertiary/aromatic N) is 3. The van der Waals surface area contributed by atoms with E-state index in [1.807, 2.05) is 24.3 Å². The molecular weight excluding hydrogens is 468 g/mol. The molecule has 0 amide bonds. The Bertz CT molecular complexity index is 1020. The zero-order chi connectivity index (χ0) is 25.8. The van der Waals surface area contributed by atoms with Gasteiger partial charge in [0.15, 0.2) is 11.5 Å². The molecule has 1 N–H and O–H groups in total. The van der Waals surface area contributed by atoms with Crippen LogP contribution in [0.4, 0.5) is 0 Å². The van der Waals surface area contributed by atoms with Crippen LogP contribution in [-0.2, 0) is 5.41 Å². The van der Waals surface area contributed by atoms with Crippen LogP contribution in [-0.4, -0.2) is 26.4 Å². The summed E-state index contributed by atoms with van der Waals surface area (Å²) in [5.74, 6) is 1.55. The summed E-state index contributed by atoms with van der Waals surface area (Å²) in [6, 6.07) is 8.01. The van der Waals surface area contributed by atoms with Gasteiger partial charge < -0.3 is 4.74 Å². The SMILES string of the molecule is CCCCCCCCCCCCCCCCOc1ccc(-c2nc3c(Cl)c(C(C)(C)C)[nH]n3n2)cc1. The monoisotopic (exact) mass is 514 g/mol. The van der Waals surface area contributed by atoms with Gasteiger partial charge in [-0.05, 0) is 30.7 Å². The normalized spacial score (nSPS) is 12.0. The molecule has 3 aromatic rings. The van der Waals surface area contributed by atoms with Gasteiger partial charge in [-0.2, -0.15) is 4.63 Å². The second-order valence-electron chi connectivity index (χ2n) is 11.2. The maximum absolute atomic E-state index is 6.55. The molecule has 200 valence electrons. The fourth-order valence-corrected chi connectivity index (χ4v) is 5.05. The number of ether oxygens (including phenoxy) is 1. The van der Waals surface area contributed by atoms with E-state index in [2.05, 4.69) is 42.9 Å². The standard InChI is InChI=1S/C30H47ClN4O/c1-5-6-7-8-9-10-11-12-13-14-15-16-17-18-23-36-25-21-19-24(20-22-25)28-32-29-26(31)27(30(2,3)4)33-35(29)34-28/h19-22,33H,5-18,23H2,1-4H3. The van der Waals surface area contributed by atoms with Crippen molar-refractivity contribution in [3.8, 4) is 17.1 Å². The van der Waals surface area contributed by atoms with Crippen molar-refractivity contribution in [1.82, 2.24) is 19.8 Å². The number of H-pyrrole nitrogens is 1. The molecule has 1 aromatic carbocycles. The molecule has 2 aromatic heterocycles. The molecule has 0 fully saturated rings. The third kappa shape index (κ3) is 8.83. The van der Waals surface area contributed by atoms with Gasteiger partial charge in [0, 0.05) is 11.0 Å². The number of fused-ring (bicyclic) bond motifs is 1. The van der Waals surface area contributed by atoms with Crippen molar-refractivity contribution in [1.29, 1.82) is 0 Å². The van der Waals surface area contributed by atoms with Gasteiger partial charge in [-0.1, -0.05) is 123 Å². The lowest BCUT2D eigenvalue weighted by Crippen LogP contribution is -2.12. The van der Waals surface area contributed by atoms with Gasteiger partial charge in [-0.25, -0.2) is 4.98 Å². The average molecular weight is 515 g/mol. The van der Waals surface area contributed by atoms with Crippen LogP contribution in [0.15, 0.2) is 24.3 Å². The number of nitrogens with one attached hydrogen (secondary N) is 1. The molecular formula is C30H47ClN4O. The molecule has 0 aliphatic carbocycles. The molecule has 3 rings (SSSR count). The molecule has 0 aliphatic heterocycles. The highest BCUT2D eigenvalue weighted by molar-refractivity contribution is 6.34. The van der Waals surface area contributed by atoms with Crippen molar-refractivity contribution in [2.75, 3.05) is 6.61 Å². The second kappa shape index (κ2) is 14.7. The van der Waals surface area contributed by atoms with Crippen molar-refractivity contribution in [3.63, 3.8) is 0 Å². The molecule has 0 spiro atoms. The van der Waals surface area contributed by atoms with Crippen LogP contribution in [0.3, 0.4) is 0 Å². The number of aromatic amines is 1. The first-order valence-electron chi connectivity index (χ1n) is 14.3. The largest absolute Gasteiger partial charge is 0.494 e. The first-order valence-corrected chi connectivity index (χ1v) is 14.7. The highest BCUT2D eigenvalue weighted by atomic mass is 35.5. The third-order valence-electron chi connectivity index (χ3n) is 6.87. The summed E-state index contributed by atoms with van der Waals surface area (Å²) in [5.41, 5.74) is 2.46. The Kier molecular flexibility index (Phi) is 11.6. The molecule has 2 heterocycles. The van der Waals surface area contributed by atoms with Crippen molar-refractivity contribution in [3.05, 3.63) is 35.0 Å². The first kappa shape index (κ1) is 28.6. The lowest BCUT2D eigenvalue weighted by Gasteiger charge is -2.16. The predicted octanol–water partition coefficient (Wildman–Crippen LogP) is 9.54. The minimum Gasteiger partial charge on any atom is -0.494 e. The van der Waals surface area contributed by atoms with Crippen molar-refractivity contribution in [2.24, 2.45) is 0 Å². The van der Waals surface area contributed by atoms with E-state index in [9.17, 15) is 0 Å². The molecule has 0 atom stereocenters. The molecule has 0 radical (unpaired) electrons. The fourth-order valence-electron chi connectivity index (χ4n) is 4.60. The minimum absolute atomic E-state index is 0.0917. The molecule has 0 saturated heterocycles. The van der Waals surface area contributed by atoms with E-state index in [1.165, 1.54) is 83.5 Å². The lowest BCUT2D eigenvalue weighted by atomic mass is 9.92. The number of rotatable bonds is 17. The van der Waals surface area contributed by atoms with Crippen LogP contribution in [0.1, 0.15) is 123 Å². The van der Waals surface area contributed by atoms with Crippen LogP contribution in [0.25, 0.3) is 17.0 Å². The summed E-state index contributed by atoms with van der Waals surface area (Å²) in [6.45, 7) is 9.40. The molecule has 0 saturated carbocycles. The van der Waals surface area contributed by atoms with Gasteiger partial charge in [0.25, 0.3) is 0 Å². The zero-order valence-electron chi connectivity index (χ0n) is 23.0. The quantitative estimate of drug-likeness (QED) is 0.182. The fraction of sp³-hybridized carbons (Fsp3) is 0.667. The van der Waals surface area contributed by atoms with E-state index >= 15 is 0 Å². The van der Waals surface area contributed by atoms with E-state index in [4.69, 9.17) is 16.3 Å². The second-order valence-corrected chi connectivity index (χ2v) is 11.6. The zero-order valence-corrected chi connectivity index (χ0v) is 23.8. The first-order chi connectivity index (χ1) is 17.4. The predicted molar refractivity (Wildman–Crippen MR) is 152 cm³/mol. The summed E-state index contributed by atoms with van der Waals surface area (Å²) in [7, 11) is 0. The van der Waals surface area contributed by atoms with E-state index in [1.54, 1.807) is 4.63 Å². The number of unbranched alkanes of at least 4 members (excludes halogenated alkanes) is 13. The Morgan fingerprint density at radius 1 is 0.806 bits per heavy atom. The summed E-state index contributed by atoms with van der Waals surface area (Å²) in [6.07, 6.45) is 19.2. The van der Waals surface area contributed by atoms with Crippen LogP contribution in [0, 0.1) is 0 Å². The van der Waals surface area contributed by atoms with E-state index < -0.39 is 0 Å². The van der Waals surface area contributed by atoms with Crippen LogP contribution >= 0.6 is 11.6 Å². The van der Waals surface area contributed by atoms with Crippen molar-refractivity contribution in [2.45, 2.75) is 123 Å². The number of aromatic nitrogens is 4. The van der Waals surface area contributed by atoms with E-state index in [-0.39, 0.29) is 5.41 Å². The topological polar surface area (TPSA) is 55.2 Å². The highest BCUT2D eigenvalue weighted by Gasteiger charge is 2.24. The molecule has 5 nitrogen and oxygen atoms in total. The minimum atomic E-state index is -0.0917. The molecule has 0 bridgehead atoms. The molecule has 0 aliphatic rings. The van der Waals surface area contributed by atoms with Crippen LogP contribution in [0.2, 0.25) is 5.02 Å². The maximum Gasteiger partial charge on any atom is 0.194 e. The van der Waals surface area contributed by atoms with Crippen molar-refractivity contribution >= 4 is 17.2 Å². The van der Waals surface area contributed by atoms with Crippen LogP contribution < -0.4 is 4.74 Å². The summed E-state index contributed by atoms with van der Waals surface area (Å²) >= 11 is 6.55. The van der Waals surface area contributed by atoms with Gasteiger partial charge in [-0.3, -0.25) is 5.10 Å². The summed E-state index contributed by atoms with van der Waals surface area (Å²) < 4.78 is 7.61. The van der Waals surface area contributed by atoms with Gasteiger partial charge in [0.05, 0.1) is 12.3 Å². The summed E-state index contributed by atoms with van der Waals surface area (Å²) in [4.78, 5) is 4.64. The number of hydrogen-bond acceptors (Lipinski definition) is 3. The van der Waals surface area contributed by atoms with Gasteiger partial charge in [-0.15, -0.1) is 5.10 Å². The van der Waals surface area contributed by atoms with Gasteiger partial charge >= 0.3 is 0 Å². The van der Waals surface area contributed by atoms with E-state index in [0.717, 1.165) is 30.0 Å². The van der Waals surface area contributed by atoms with Gasteiger partial charge in [0.1, 0.15) is 10.8 Å². The Balaban J connectivity index is 1.26. The Morgan fingerprint density at radius 2 is 1.33 bits per heavy atom. The Labute approximate surface area is 223 Å². The van der Waals surface area contributed by atoms with E-state index in [0.29, 0.717) is 16.5 Å².